The maximum absolute atomic E-state index is 11.8. The highest BCUT2D eigenvalue weighted by Crippen LogP contribution is 2.19. The lowest BCUT2D eigenvalue weighted by Crippen LogP contribution is -2.00. The first kappa shape index (κ1) is 24.4. The lowest BCUT2D eigenvalue weighted by atomic mass is 9.97. The lowest BCUT2D eigenvalue weighted by molar-refractivity contribution is 0.101. The van der Waals surface area contributed by atoms with E-state index < -0.39 is 0 Å². The fourth-order valence-corrected chi connectivity index (χ4v) is 3.96. The third-order valence-corrected chi connectivity index (χ3v) is 5.62. The highest BCUT2D eigenvalue weighted by atomic mass is 35.5. The van der Waals surface area contributed by atoms with E-state index in [1.54, 1.807) is 6.92 Å². The molecule has 1 heterocycles. The van der Waals surface area contributed by atoms with Crippen LogP contribution in [0.25, 0.3) is 23.1 Å². The van der Waals surface area contributed by atoms with Crippen LogP contribution in [0.4, 0.5) is 0 Å². The summed E-state index contributed by atoms with van der Waals surface area (Å²) in [6.07, 6.45) is 7.00. The lowest BCUT2D eigenvalue weighted by Gasteiger charge is -2.07. The summed E-state index contributed by atoms with van der Waals surface area (Å²) >= 11 is 6.09. The van der Waals surface area contributed by atoms with Gasteiger partial charge in [-0.15, -0.1) is 0 Å². The van der Waals surface area contributed by atoms with Crippen molar-refractivity contribution >= 4 is 40.4 Å². The van der Waals surface area contributed by atoms with Crippen molar-refractivity contribution in [2.45, 2.75) is 40.0 Å². The minimum Gasteiger partial charge on any atom is -0.295 e. The summed E-state index contributed by atoms with van der Waals surface area (Å²) < 4.78 is 0. The van der Waals surface area contributed by atoms with Gasteiger partial charge in [0.1, 0.15) is 0 Å². The molecule has 0 unspecified atom stereocenters. The highest BCUT2D eigenvalue weighted by molar-refractivity contribution is 6.31. The second kappa shape index (κ2) is 12.1. The highest BCUT2D eigenvalue weighted by Gasteiger charge is 2.06. The Kier molecular flexibility index (Phi) is 8.97. The number of halogens is 1. The van der Waals surface area contributed by atoms with Crippen LogP contribution < -0.4 is 0 Å². The Labute approximate surface area is 202 Å². The number of carbonyl (C=O) groups is 1. The number of aryl methyl sites for hydroxylation is 2. The summed E-state index contributed by atoms with van der Waals surface area (Å²) in [4.78, 5) is 16.5. The van der Waals surface area contributed by atoms with Crippen LogP contribution in [0.1, 0.15) is 59.9 Å². The minimum absolute atomic E-state index is 0.132. The van der Waals surface area contributed by atoms with Gasteiger partial charge in [-0.1, -0.05) is 92.2 Å². The molecule has 3 heteroatoms. The molecule has 0 radical (unpaired) electrons. The average Bonchev–Trinajstić information content (AvgIpc) is 2.84. The smallest absolute Gasteiger partial charge is 0.160 e. The van der Waals surface area contributed by atoms with Gasteiger partial charge in [0.15, 0.2) is 5.78 Å². The third-order valence-electron chi connectivity index (χ3n) is 5.38. The molecule has 0 saturated heterocycles. The number of hydrogen-bond acceptors (Lipinski definition) is 2. The number of carbonyl (C=O) groups excluding carboxylic acids is 1. The average molecular weight is 456 g/mol. The Hall–Kier alpha value is -3.23. The molecule has 0 aliphatic heterocycles. The van der Waals surface area contributed by atoms with E-state index in [0.717, 1.165) is 52.5 Å². The molecule has 4 aromatic rings. The van der Waals surface area contributed by atoms with Crippen LogP contribution in [-0.2, 0) is 12.8 Å². The van der Waals surface area contributed by atoms with Gasteiger partial charge in [0.2, 0.25) is 0 Å². The molecule has 0 N–H and O–H groups in total. The molecule has 168 valence electrons. The summed E-state index contributed by atoms with van der Waals surface area (Å²) in [6.45, 7) is 5.63. The number of rotatable bonds is 7. The third kappa shape index (κ3) is 6.87. The molecule has 0 amide bonds. The molecule has 2 nitrogen and oxygen atoms in total. The Morgan fingerprint density at radius 3 is 2.48 bits per heavy atom. The Balaban J connectivity index is 0.00000149. The van der Waals surface area contributed by atoms with Gasteiger partial charge in [0.05, 0.1) is 11.2 Å². The summed E-state index contributed by atoms with van der Waals surface area (Å²) in [5.74, 6) is 0.132. The Morgan fingerprint density at radius 2 is 1.67 bits per heavy atom. The van der Waals surface area contributed by atoms with E-state index in [1.807, 2.05) is 62.4 Å². The molecular formula is C30H30ClNO. The maximum atomic E-state index is 11.8. The quantitative estimate of drug-likeness (QED) is 0.261. The van der Waals surface area contributed by atoms with E-state index in [0.29, 0.717) is 5.02 Å². The molecular weight excluding hydrogens is 426 g/mol. The Morgan fingerprint density at radius 1 is 0.879 bits per heavy atom. The van der Waals surface area contributed by atoms with Crippen LogP contribution in [0.15, 0.2) is 78.9 Å². The van der Waals surface area contributed by atoms with Gasteiger partial charge < -0.3 is 0 Å². The first-order chi connectivity index (χ1) is 16.1. The number of nitrogens with zero attached hydrogens (tertiary/aromatic N) is 1. The van der Waals surface area contributed by atoms with Crippen molar-refractivity contribution in [3.05, 3.63) is 112 Å². The van der Waals surface area contributed by atoms with Crippen molar-refractivity contribution in [1.82, 2.24) is 4.98 Å². The molecule has 0 fully saturated rings. The molecule has 0 spiro atoms. The fourth-order valence-electron chi connectivity index (χ4n) is 3.80. The number of ketones is 1. The fraction of sp³-hybridized carbons (Fsp3) is 0.200. The zero-order valence-electron chi connectivity index (χ0n) is 19.5. The zero-order chi connectivity index (χ0) is 23.6. The van der Waals surface area contributed by atoms with E-state index in [9.17, 15) is 4.79 Å². The first-order valence-electron chi connectivity index (χ1n) is 11.5. The van der Waals surface area contributed by atoms with Crippen LogP contribution in [0.5, 0.6) is 0 Å². The minimum atomic E-state index is 0.132. The molecule has 0 saturated carbocycles. The molecule has 3 aromatic carbocycles. The predicted octanol–water partition coefficient (Wildman–Crippen LogP) is 8.46. The number of pyridine rings is 1. The molecule has 0 bridgehead atoms. The van der Waals surface area contributed by atoms with Gasteiger partial charge in [-0.3, -0.25) is 4.79 Å². The van der Waals surface area contributed by atoms with E-state index in [1.165, 1.54) is 5.56 Å². The second-order valence-electron chi connectivity index (χ2n) is 7.72. The molecule has 0 aliphatic carbocycles. The van der Waals surface area contributed by atoms with Crippen molar-refractivity contribution in [3.8, 4) is 0 Å². The van der Waals surface area contributed by atoms with Crippen LogP contribution in [0, 0.1) is 0 Å². The van der Waals surface area contributed by atoms with Crippen LogP contribution in [0.2, 0.25) is 5.02 Å². The van der Waals surface area contributed by atoms with Crippen molar-refractivity contribution < 1.29 is 4.79 Å². The van der Waals surface area contributed by atoms with Gasteiger partial charge in [-0.2, -0.15) is 0 Å². The van der Waals surface area contributed by atoms with Gasteiger partial charge in [-0.05, 0) is 67.2 Å². The Bertz CT molecular complexity index is 1260. The maximum Gasteiger partial charge on any atom is 0.160 e. The largest absolute Gasteiger partial charge is 0.295 e. The molecule has 0 atom stereocenters. The zero-order valence-corrected chi connectivity index (χ0v) is 20.3. The SMILES string of the molecule is CC.CC(=O)c1ccccc1CCCc1cccc(/C=C/c2ccc3ccc(Cl)cc3n2)c1. The van der Waals surface area contributed by atoms with E-state index in [4.69, 9.17) is 11.6 Å². The van der Waals surface area contributed by atoms with E-state index in [2.05, 4.69) is 47.5 Å². The van der Waals surface area contributed by atoms with Gasteiger partial charge in [0.25, 0.3) is 0 Å². The summed E-state index contributed by atoms with van der Waals surface area (Å²) in [7, 11) is 0. The number of benzene rings is 3. The summed E-state index contributed by atoms with van der Waals surface area (Å²) in [5, 5.41) is 1.77. The number of aromatic nitrogens is 1. The summed E-state index contributed by atoms with van der Waals surface area (Å²) in [6, 6.07) is 26.3. The monoisotopic (exact) mass is 455 g/mol. The first-order valence-corrected chi connectivity index (χ1v) is 11.9. The molecule has 4 rings (SSSR count). The standard InChI is InChI=1S/C28H24ClNO.C2H6/c1-20(31)27-11-3-2-9-23(27)10-5-8-21-6-4-7-22(18-21)12-16-26-17-14-24-13-15-25(29)19-28(24)30-26;1-2/h2-4,6-7,9,11-19H,5,8,10H2,1H3;1-2H3/b16-12+;. The number of Topliss-reactive ketones (excluding diaryl/α,β-unsaturated/α-hetero) is 1. The van der Waals surface area contributed by atoms with Crippen LogP contribution in [-0.4, -0.2) is 10.8 Å². The predicted molar refractivity (Wildman–Crippen MR) is 142 cm³/mol. The summed E-state index contributed by atoms with van der Waals surface area (Å²) in [5.41, 5.74) is 6.21. The molecule has 33 heavy (non-hydrogen) atoms. The van der Waals surface area contributed by atoms with Crippen molar-refractivity contribution in [2.75, 3.05) is 0 Å². The van der Waals surface area contributed by atoms with E-state index >= 15 is 0 Å². The number of hydrogen-bond donors (Lipinski definition) is 0. The van der Waals surface area contributed by atoms with Crippen LogP contribution >= 0.6 is 11.6 Å². The van der Waals surface area contributed by atoms with Gasteiger partial charge >= 0.3 is 0 Å². The molecule has 1 aromatic heterocycles. The topological polar surface area (TPSA) is 30.0 Å². The van der Waals surface area contributed by atoms with Crippen molar-refractivity contribution in [1.29, 1.82) is 0 Å². The van der Waals surface area contributed by atoms with Crippen LogP contribution in [0.3, 0.4) is 0 Å². The second-order valence-corrected chi connectivity index (χ2v) is 8.15. The molecule has 0 aliphatic rings. The van der Waals surface area contributed by atoms with Gasteiger partial charge in [0, 0.05) is 16.0 Å². The normalized spacial score (nSPS) is 10.8. The van der Waals surface area contributed by atoms with Gasteiger partial charge in [-0.25, -0.2) is 4.98 Å². The van der Waals surface area contributed by atoms with Crippen molar-refractivity contribution in [2.24, 2.45) is 0 Å². The number of fused-ring (bicyclic) bond motifs is 1. The van der Waals surface area contributed by atoms with Crippen molar-refractivity contribution in [3.63, 3.8) is 0 Å². The van der Waals surface area contributed by atoms with E-state index in [-0.39, 0.29) is 5.78 Å².